The second kappa shape index (κ2) is 7.96. The molecule has 30 heavy (non-hydrogen) atoms. The number of benzene rings is 2. The summed E-state index contributed by atoms with van der Waals surface area (Å²) in [6.07, 6.45) is 1.47. The largest absolute Gasteiger partial charge is 0.423 e. The maximum atomic E-state index is 13.0. The number of carbonyl (C=O) groups excluding carboxylic acids is 3. The van der Waals surface area contributed by atoms with Crippen LogP contribution in [0.2, 0.25) is 0 Å². The number of thioether (sulfide) groups is 1. The third-order valence-corrected chi connectivity index (χ3v) is 5.15. The van der Waals surface area contributed by atoms with Crippen LogP contribution in [0, 0.1) is 5.82 Å². The Labute approximate surface area is 173 Å². The molecule has 7 nitrogen and oxygen atoms in total. The van der Waals surface area contributed by atoms with Crippen molar-refractivity contribution in [2.45, 2.75) is 0 Å². The maximum Gasteiger partial charge on any atom is 0.336 e. The molecule has 3 amide bonds. The van der Waals surface area contributed by atoms with Gasteiger partial charge in [-0.1, -0.05) is 12.1 Å². The van der Waals surface area contributed by atoms with Gasteiger partial charge in [0.2, 0.25) is 5.91 Å². The highest BCUT2D eigenvalue weighted by atomic mass is 32.2. The van der Waals surface area contributed by atoms with Crippen molar-refractivity contribution in [1.82, 2.24) is 4.90 Å². The number of nitrogens with one attached hydrogen (secondary N) is 1. The van der Waals surface area contributed by atoms with Crippen LogP contribution >= 0.6 is 11.8 Å². The number of imide groups is 1. The zero-order valence-electron chi connectivity index (χ0n) is 15.3. The van der Waals surface area contributed by atoms with Crippen molar-refractivity contribution in [3.8, 4) is 0 Å². The molecule has 0 spiro atoms. The number of hydrogen-bond acceptors (Lipinski definition) is 6. The molecule has 1 aliphatic heterocycles. The minimum atomic E-state index is -0.593. The van der Waals surface area contributed by atoms with E-state index < -0.39 is 35.0 Å². The zero-order chi connectivity index (χ0) is 21.3. The van der Waals surface area contributed by atoms with Crippen LogP contribution in [0.1, 0.15) is 5.56 Å². The normalized spacial score (nSPS) is 15.2. The SMILES string of the molecule is O=C(CN1C(=O)S/C(=C\c2ccc(F)cc2)C1=O)Nc1ccc2oc(=O)ccc2c1. The quantitative estimate of drug-likeness (QED) is 0.508. The molecule has 2 aromatic carbocycles. The van der Waals surface area contributed by atoms with Gasteiger partial charge in [0.15, 0.2) is 0 Å². The average Bonchev–Trinajstić information content (AvgIpc) is 2.97. The first-order valence-corrected chi connectivity index (χ1v) is 9.55. The first-order chi connectivity index (χ1) is 14.4. The fraction of sp³-hybridized carbons (Fsp3) is 0.0476. The topological polar surface area (TPSA) is 96.7 Å². The number of nitrogens with zero attached hydrogens (tertiary/aromatic N) is 1. The zero-order valence-corrected chi connectivity index (χ0v) is 16.1. The van der Waals surface area contributed by atoms with Gasteiger partial charge >= 0.3 is 5.63 Å². The van der Waals surface area contributed by atoms with E-state index in [-0.39, 0.29) is 4.91 Å². The monoisotopic (exact) mass is 424 g/mol. The van der Waals surface area contributed by atoms with Gasteiger partial charge in [-0.05, 0) is 59.8 Å². The van der Waals surface area contributed by atoms with E-state index in [1.165, 1.54) is 42.5 Å². The first kappa shape index (κ1) is 19.6. The van der Waals surface area contributed by atoms with Crippen molar-refractivity contribution in [3.05, 3.63) is 81.3 Å². The lowest BCUT2D eigenvalue weighted by Gasteiger charge is -2.12. The van der Waals surface area contributed by atoms with Gasteiger partial charge in [-0.25, -0.2) is 9.18 Å². The summed E-state index contributed by atoms with van der Waals surface area (Å²) in [5.74, 6) is -1.56. The lowest BCUT2D eigenvalue weighted by molar-refractivity contribution is -0.127. The smallest absolute Gasteiger partial charge is 0.336 e. The fourth-order valence-corrected chi connectivity index (χ4v) is 3.68. The van der Waals surface area contributed by atoms with E-state index in [1.807, 2.05) is 0 Å². The third-order valence-electron chi connectivity index (χ3n) is 4.25. The van der Waals surface area contributed by atoms with Crippen molar-refractivity contribution in [2.75, 3.05) is 11.9 Å². The Morgan fingerprint density at radius 3 is 2.60 bits per heavy atom. The molecule has 4 rings (SSSR count). The Morgan fingerprint density at radius 1 is 1.07 bits per heavy atom. The molecule has 1 saturated heterocycles. The number of halogens is 1. The summed E-state index contributed by atoms with van der Waals surface area (Å²) >= 11 is 0.715. The van der Waals surface area contributed by atoms with Gasteiger partial charge in [0, 0.05) is 17.1 Å². The highest BCUT2D eigenvalue weighted by molar-refractivity contribution is 8.18. The van der Waals surface area contributed by atoms with E-state index in [0.29, 0.717) is 34.0 Å². The predicted octanol–water partition coefficient (Wildman–Crippen LogP) is 3.61. The second-order valence-electron chi connectivity index (χ2n) is 6.37. The van der Waals surface area contributed by atoms with Crippen LogP contribution < -0.4 is 10.9 Å². The van der Waals surface area contributed by atoms with E-state index in [4.69, 9.17) is 4.42 Å². The highest BCUT2D eigenvalue weighted by Crippen LogP contribution is 2.32. The second-order valence-corrected chi connectivity index (χ2v) is 7.37. The van der Waals surface area contributed by atoms with Gasteiger partial charge < -0.3 is 9.73 Å². The minimum absolute atomic E-state index is 0.153. The molecule has 1 aliphatic rings. The molecule has 0 radical (unpaired) electrons. The van der Waals surface area contributed by atoms with Gasteiger partial charge in [0.1, 0.15) is 17.9 Å². The molecular formula is C21H13FN2O5S. The number of anilines is 1. The molecule has 0 atom stereocenters. The van der Waals surface area contributed by atoms with E-state index in [1.54, 1.807) is 18.2 Å². The third kappa shape index (κ3) is 4.15. The van der Waals surface area contributed by atoms with Crippen molar-refractivity contribution in [1.29, 1.82) is 0 Å². The number of hydrogen-bond donors (Lipinski definition) is 1. The molecule has 2 heterocycles. The molecule has 0 saturated carbocycles. The summed E-state index contributed by atoms with van der Waals surface area (Å²) in [6, 6.07) is 13.0. The fourth-order valence-electron chi connectivity index (χ4n) is 2.84. The maximum absolute atomic E-state index is 13.0. The first-order valence-electron chi connectivity index (χ1n) is 8.74. The van der Waals surface area contributed by atoms with Gasteiger partial charge in [-0.3, -0.25) is 19.3 Å². The Hall–Kier alpha value is -3.72. The van der Waals surface area contributed by atoms with E-state index in [2.05, 4.69) is 5.32 Å². The van der Waals surface area contributed by atoms with E-state index >= 15 is 0 Å². The molecule has 9 heteroatoms. The molecule has 0 aliphatic carbocycles. The summed E-state index contributed by atoms with van der Waals surface area (Å²) in [5.41, 5.74) is 0.883. The van der Waals surface area contributed by atoms with Crippen LogP contribution in [0.4, 0.5) is 14.9 Å². The molecule has 1 fully saturated rings. The minimum Gasteiger partial charge on any atom is -0.423 e. The van der Waals surface area contributed by atoms with E-state index in [9.17, 15) is 23.6 Å². The molecule has 3 aromatic rings. The van der Waals surface area contributed by atoms with Gasteiger partial charge in [-0.2, -0.15) is 0 Å². The summed E-state index contributed by atoms with van der Waals surface area (Å²) in [7, 11) is 0. The van der Waals surface area contributed by atoms with Crippen LogP contribution in [0.3, 0.4) is 0 Å². The standard InChI is InChI=1S/C21H13FN2O5S/c22-14-4-1-12(2-5-14)9-17-20(27)24(21(28)30-17)11-18(25)23-15-6-7-16-13(10-15)3-8-19(26)29-16/h1-10H,11H2,(H,23,25)/b17-9-. The van der Waals surface area contributed by atoms with Crippen molar-refractivity contribution in [2.24, 2.45) is 0 Å². The Morgan fingerprint density at radius 2 is 1.83 bits per heavy atom. The van der Waals surface area contributed by atoms with Crippen LogP contribution in [-0.2, 0) is 9.59 Å². The molecule has 1 aromatic heterocycles. The van der Waals surface area contributed by atoms with Gasteiger partial charge in [0.25, 0.3) is 11.1 Å². The number of fused-ring (bicyclic) bond motifs is 1. The van der Waals surface area contributed by atoms with E-state index in [0.717, 1.165) is 4.90 Å². The van der Waals surface area contributed by atoms with Crippen molar-refractivity contribution in [3.63, 3.8) is 0 Å². The summed E-state index contributed by atoms with van der Waals surface area (Å²) in [5, 5.41) is 2.66. The molecule has 150 valence electrons. The molecule has 1 N–H and O–H groups in total. The Bertz CT molecular complexity index is 1270. The number of carbonyl (C=O) groups is 3. The van der Waals surface area contributed by atoms with Crippen molar-refractivity contribution >= 4 is 51.5 Å². The highest BCUT2D eigenvalue weighted by Gasteiger charge is 2.36. The average molecular weight is 424 g/mol. The lowest BCUT2D eigenvalue weighted by atomic mass is 10.2. The molecule has 0 bridgehead atoms. The van der Waals surface area contributed by atoms with Gasteiger partial charge in [-0.15, -0.1) is 0 Å². The van der Waals surface area contributed by atoms with Crippen LogP contribution in [-0.4, -0.2) is 28.5 Å². The van der Waals surface area contributed by atoms with Crippen molar-refractivity contribution < 1.29 is 23.2 Å². The Kier molecular flexibility index (Phi) is 5.20. The molecular weight excluding hydrogens is 411 g/mol. The van der Waals surface area contributed by atoms with Crippen LogP contribution in [0.5, 0.6) is 0 Å². The lowest BCUT2D eigenvalue weighted by Crippen LogP contribution is -2.36. The molecule has 0 unspecified atom stereocenters. The summed E-state index contributed by atoms with van der Waals surface area (Å²) in [4.78, 5) is 49.3. The van der Waals surface area contributed by atoms with Crippen LogP contribution in [0.25, 0.3) is 17.0 Å². The number of amides is 3. The number of rotatable bonds is 4. The van der Waals surface area contributed by atoms with Gasteiger partial charge in [0.05, 0.1) is 4.91 Å². The van der Waals surface area contributed by atoms with Crippen LogP contribution in [0.15, 0.2) is 68.7 Å². The summed E-state index contributed by atoms with van der Waals surface area (Å²) in [6.45, 7) is -0.451. The predicted molar refractivity (Wildman–Crippen MR) is 110 cm³/mol. The summed E-state index contributed by atoms with van der Waals surface area (Å²) < 4.78 is 18.0. The Balaban J connectivity index is 1.45.